The van der Waals surface area contributed by atoms with E-state index in [1.165, 1.54) is 13.4 Å². The molecule has 0 spiro atoms. The molecule has 3 heterocycles. The van der Waals surface area contributed by atoms with Crippen LogP contribution in [0, 0.1) is 0 Å². The van der Waals surface area contributed by atoms with Crippen LogP contribution in [-0.4, -0.2) is 24.8 Å². The van der Waals surface area contributed by atoms with Crippen LogP contribution in [0.1, 0.15) is 49.9 Å². The second-order valence-electron chi connectivity index (χ2n) is 7.15. The fourth-order valence-electron chi connectivity index (χ4n) is 3.82. The van der Waals surface area contributed by atoms with Gasteiger partial charge in [0.2, 0.25) is 5.78 Å². The van der Waals surface area contributed by atoms with Gasteiger partial charge in [-0.15, -0.1) is 0 Å². The van der Waals surface area contributed by atoms with Crippen LogP contribution in [0.4, 0.5) is 0 Å². The number of carbonyl (C=O) groups is 3. The molecule has 2 aromatic carbocycles. The number of Topliss-reactive ketones (excluding diaryl/α,β-unsaturated/α-hetero) is 1. The van der Waals surface area contributed by atoms with Crippen molar-refractivity contribution in [3.8, 4) is 11.5 Å². The third-order valence-electron chi connectivity index (χ3n) is 5.30. The summed E-state index contributed by atoms with van der Waals surface area (Å²) in [5.74, 6) is -0.0357. The molecule has 2 aliphatic rings. The molecule has 154 valence electrons. The Kier molecular flexibility index (Phi) is 4.43. The lowest BCUT2D eigenvalue weighted by Gasteiger charge is -2.24. The van der Waals surface area contributed by atoms with E-state index < -0.39 is 11.9 Å². The van der Waals surface area contributed by atoms with Crippen LogP contribution in [0.5, 0.6) is 11.5 Å². The van der Waals surface area contributed by atoms with Gasteiger partial charge in [-0.1, -0.05) is 12.1 Å². The van der Waals surface area contributed by atoms with Gasteiger partial charge in [-0.3, -0.25) is 9.59 Å². The molecule has 7 heteroatoms. The highest BCUT2D eigenvalue weighted by Gasteiger charge is 2.39. The Morgan fingerprint density at radius 3 is 2.58 bits per heavy atom. The van der Waals surface area contributed by atoms with Crippen LogP contribution in [0.25, 0.3) is 6.08 Å². The van der Waals surface area contributed by atoms with Crippen LogP contribution in [0.2, 0.25) is 0 Å². The van der Waals surface area contributed by atoms with Gasteiger partial charge in [0.05, 0.1) is 36.8 Å². The third-order valence-corrected chi connectivity index (χ3v) is 5.30. The summed E-state index contributed by atoms with van der Waals surface area (Å²) in [5.41, 5.74) is 2.10. The number of allylic oxidation sites excluding steroid dienone is 1. The first kappa shape index (κ1) is 18.9. The van der Waals surface area contributed by atoms with E-state index >= 15 is 0 Å². The minimum Gasteiger partial charge on any atom is -0.469 e. The molecule has 0 saturated heterocycles. The average molecular weight is 416 g/mol. The highest BCUT2D eigenvalue weighted by atomic mass is 16.5. The zero-order valence-corrected chi connectivity index (χ0v) is 16.4. The number of carbonyl (C=O) groups excluding carboxylic acids is 3. The molecule has 3 aromatic rings. The summed E-state index contributed by atoms with van der Waals surface area (Å²) in [7, 11) is 1.31. The minimum atomic E-state index is -0.440. The first-order valence-electron chi connectivity index (χ1n) is 9.58. The van der Waals surface area contributed by atoms with Gasteiger partial charge in [-0.2, -0.15) is 0 Å². The number of ether oxygens (including phenoxy) is 3. The van der Waals surface area contributed by atoms with Crippen LogP contribution in [-0.2, 0) is 9.53 Å². The molecule has 1 aromatic heterocycles. The standard InChI is InChI=1S/C24H16O7/c1-28-24(27)14-6-4-13(5-7-14)11-19-22(26)15-8-9-18-21(23(15)31-19)16(12-20(25)30-18)17-3-2-10-29-17/h2-11,16H,12H2,1H3/b19-11+. The van der Waals surface area contributed by atoms with Crippen molar-refractivity contribution in [1.29, 1.82) is 0 Å². The van der Waals surface area contributed by atoms with E-state index in [0.717, 1.165) is 0 Å². The van der Waals surface area contributed by atoms with E-state index in [4.69, 9.17) is 18.6 Å². The molecule has 0 bridgehead atoms. The number of ketones is 1. The molecule has 1 unspecified atom stereocenters. The van der Waals surface area contributed by atoms with Crippen LogP contribution in [0.15, 0.2) is 65.0 Å². The van der Waals surface area contributed by atoms with Crippen LogP contribution < -0.4 is 9.47 Å². The van der Waals surface area contributed by atoms with Crippen molar-refractivity contribution in [2.24, 2.45) is 0 Å². The maximum absolute atomic E-state index is 13.0. The summed E-state index contributed by atoms with van der Waals surface area (Å²) >= 11 is 0. The lowest BCUT2D eigenvalue weighted by atomic mass is 9.88. The molecule has 0 radical (unpaired) electrons. The molecule has 0 fully saturated rings. The fourth-order valence-corrected chi connectivity index (χ4v) is 3.82. The van der Waals surface area contributed by atoms with Crippen molar-refractivity contribution in [1.82, 2.24) is 0 Å². The highest BCUT2D eigenvalue weighted by molar-refractivity contribution is 6.15. The van der Waals surface area contributed by atoms with Gasteiger partial charge in [0.15, 0.2) is 5.76 Å². The molecule has 0 saturated carbocycles. The van der Waals surface area contributed by atoms with Crippen molar-refractivity contribution in [2.45, 2.75) is 12.3 Å². The monoisotopic (exact) mass is 416 g/mol. The van der Waals surface area contributed by atoms with Gasteiger partial charge < -0.3 is 18.6 Å². The number of benzene rings is 2. The van der Waals surface area contributed by atoms with Gasteiger partial charge in [-0.05, 0) is 48.0 Å². The van der Waals surface area contributed by atoms with Crippen molar-refractivity contribution < 1.29 is 33.0 Å². The van der Waals surface area contributed by atoms with Crippen molar-refractivity contribution >= 4 is 23.8 Å². The predicted molar refractivity (Wildman–Crippen MR) is 108 cm³/mol. The zero-order valence-electron chi connectivity index (χ0n) is 16.4. The Labute approximate surface area is 176 Å². The number of methoxy groups -OCH3 is 1. The Bertz CT molecular complexity index is 1230. The van der Waals surface area contributed by atoms with E-state index in [1.54, 1.807) is 54.6 Å². The highest BCUT2D eigenvalue weighted by Crippen LogP contribution is 2.49. The largest absolute Gasteiger partial charge is 0.469 e. The molecule has 1 atom stereocenters. The van der Waals surface area contributed by atoms with E-state index in [0.29, 0.717) is 39.5 Å². The number of hydrogen-bond donors (Lipinski definition) is 0. The number of fused-ring (bicyclic) bond motifs is 3. The van der Waals surface area contributed by atoms with Crippen molar-refractivity contribution in [3.63, 3.8) is 0 Å². The van der Waals surface area contributed by atoms with E-state index in [1.807, 2.05) is 0 Å². The van der Waals surface area contributed by atoms with Crippen molar-refractivity contribution in [2.75, 3.05) is 7.11 Å². The second-order valence-corrected chi connectivity index (χ2v) is 7.15. The van der Waals surface area contributed by atoms with Gasteiger partial charge in [-0.25, -0.2) is 4.79 Å². The first-order chi connectivity index (χ1) is 15.0. The van der Waals surface area contributed by atoms with Crippen LogP contribution in [0.3, 0.4) is 0 Å². The molecule has 0 N–H and O–H groups in total. The first-order valence-corrected chi connectivity index (χ1v) is 9.58. The van der Waals surface area contributed by atoms with Gasteiger partial charge in [0.1, 0.15) is 17.3 Å². The van der Waals surface area contributed by atoms with E-state index in [-0.39, 0.29) is 23.9 Å². The maximum atomic E-state index is 13.0. The Morgan fingerprint density at radius 1 is 1.06 bits per heavy atom. The molecule has 0 aliphatic carbocycles. The van der Waals surface area contributed by atoms with E-state index in [2.05, 4.69) is 0 Å². The zero-order chi connectivity index (χ0) is 21.5. The maximum Gasteiger partial charge on any atom is 0.337 e. The summed E-state index contributed by atoms with van der Waals surface area (Å²) in [6.07, 6.45) is 3.22. The quantitative estimate of drug-likeness (QED) is 0.360. The molecule has 31 heavy (non-hydrogen) atoms. The predicted octanol–water partition coefficient (Wildman–Crippen LogP) is 4.12. The summed E-state index contributed by atoms with van der Waals surface area (Å²) in [4.78, 5) is 36.6. The number of hydrogen-bond acceptors (Lipinski definition) is 7. The lowest BCUT2D eigenvalue weighted by Crippen LogP contribution is -2.21. The summed E-state index contributed by atoms with van der Waals surface area (Å²) in [6, 6.07) is 13.3. The second kappa shape index (κ2) is 7.28. The molecule has 5 rings (SSSR count). The number of furan rings is 1. The topological polar surface area (TPSA) is 92.0 Å². The number of esters is 2. The molecular weight excluding hydrogens is 400 g/mol. The smallest absolute Gasteiger partial charge is 0.337 e. The summed E-state index contributed by atoms with van der Waals surface area (Å²) in [6.45, 7) is 0. The van der Waals surface area contributed by atoms with Gasteiger partial charge in [0.25, 0.3) is 0 Å². The Hall–Kier alpha value is -4.13. The Balaban J connectivity index is 1.53. The molecular formula is C24H16O7. The SMILES string of the molecule is COC(=O)c1ccc(/C=C2/Oc3c(ccc4c3C(c3ccco3)CC(=O)O4)C2=O)cc1. The Morgan fingerprint density at radius 2 is 1.87 bits per heavy atom. The van der Waals surface area contributed by atoms with Gasteiger partial charge in [0, 0.05) is 5.56 Å². The normalized spacial score (nSPS) is 18.2. The average Bonchev–Trinajstić information content (AvgIpc) is 3.42. The summed E-state index contributed by atoms with van der Waals surface area (Å²) in [5, 5.41) is 0. The molecule has 7 nitrogen and oxygen atoms in total. The fraction of sp³-hybridized carbons (Fsp3) is 0.125. The number of rotatable bonds is 3. The lowest BCUT2D eigenvalue weighted by molar-refractivity contribution is -0.135. The molecule has 0 amide bonds. The third kappa shape index (κ3) is 3.20. The van der Waals surface area contributed by atoms with Crippen LogP contribution >= 0.6 is 0 Å². The van der Waals surface area contributed by atoms with E-state index in [9.17, 15) is 14.4 Å². The van der Waals surface area contributed by atoms with Gasteiger partial charge >= 0.3 is 11.9 Å². The van der Waals surface area contributed by atoms with Crippen molar-refractivity contribution in [3.05, 3.63) is 88.6 Å². The molecule has 2 aliphatic heterocycles. The minimum absolute atomic E-state index is 0.0859. The summed E-state index contributed by atoms with van der Waals surface area (Å²) < 4.78 is 21.6.